The Morgan fingerprint density at radius 1 is 1.31 bits per heavy atom. The van der Waals surface area contributed by atoms with Gasteiger partial charge in [0.2, 0.25) is 0 Å². The van der Waals surface area contributed by atoms with Crippen molar-refractivity contribution in [2.45, 2.75) is 45.6 Å². The summed E-state index contributed by atoms with van der Waals surface area (Å²) in [6, 6.07) is 0.623. The van der Waals surface area contributed by atoms with Gasteiger partial charge in [0.1, 0.15) is 0 Å². The zero-order valence-corrected chi connectivity index (χ0v) is 10.7. The van der Waals surface area contributed by atoms with Gasteiger partial charge in [-0.25, -0.2) is 0 Å². The van der Waals surface area contributed by atoms with Crippen LogP contribution in [0.3, 0.4) is 0 Å². The molecule has 3 fully saturated rings. The summed E-state index contributed by atoms with van der Waals surface area (Å²) in [6.45, 7) is 9.82. The van der Waals surface area contributed by atoms with Crippen molar-refractivity contribution in [1.82, 2.24) is 5.32 Å². The minimum absolute atomic E-state index is 0.623. The van der Waals surface area contributed by atoms with Crippen molar-refractivity contribution in [3.05, 3.63) is 12.2 Å². The summed E-state index contributed by atoms with van der Waals surface area (Å²) in [7, 11) is 0. The smallest absolute Gasteiger partial charge is 0.0308 e. The van der Waals surface area contributed by atoms with Gasteiger partial charge in [-0.05, 0) is 68.7 Å². The van der Waals surface area contributed by atoms with Crippen molar-refractivity contribution >= 4 is 0 Å². The van der Waals surface area contributed by atoms with E-state index in [4.69, 9.17) is 0 Å². The third-order valence-electron chi connectivity index (χ3n) is 5.32. The molecule has 5 unspecified atom stereocenters. The molecular weight excluding hydrogens is 194 g/mol. The van der Waals surface area contributed by atoms with Crippen LogP contribution in [0.1, 0.15) is 39.5 Å². The Labute approximate surface area is 99.7 Å². The summed E-state index contributed by atoms with van der Waals surface area (Å²) in [4.78, 5) is 0. The van der Waals surface area contributed by atoms with E-state index in [2.05, 4.69) is 25.7 Å². The van der Waals surface area contributed by atoms with Crippen molar-refractivity contribution < 1.29 is 0 Å². The molecule has 1 heteroatoms. The summed E-state index contributed by atoms with van der Waals surface area (Å²) >= 11 is 0. The Kier molecular flexibility index (Phi) is 2.62. The van der Waals surface area contributed by atoms with Crippen LogP contribution in [0.15, 0.2) is 12.2 Å². The maximum Gasteiger partial charge on any atom is 0.0308 e. The highest BCUT2D eigenvalue weighted by Gasteiger charge is 2.66. The average Bonchev–Trinajstić information content (AvgIpc) is 2.69. The fraction of sp³-hybridized carbons (Fsp3) is 0.867. The van der Waals surface area contributed by atoms with E-state index in [1.165, 1.54) is 24.8 Å². The molecule has 0 aromatic rings. The van der Waals surface area contributed by atoms with Crippen LogP contribution in [0, 0.1) is 29.6 Å². The summed E-state index contributed by atoms with van der Waals surface area (Å²) in [5.41, 5.74) is 1.37. The molecule has 3 aliphatic carbocycles. The molecule has 3 rings (SSSR count). The highest BCUT2D eigenvalue weighted by molar-refractivity contribution is 5.21. The lowest BCUT2D eigenvalue weighted by Gasteiger charge is -2.22. The number of rotatable bonds is 5. The van der Waals surface area contributed by atoms with Crippen molar-refractivity contribution in [3.63, 3.8) is 0 Å². The Balaban J connectivity index is 1.66. The van der Waals surface area contributed by atoms with Gasteiger partial charge < -0.3 is 5.32 Å². The second kappa shape index (κ2) is 3.87. The van der Waals surface area contributed by atoms with E-state index in [0.29, 0.717) is 6.04 Å². The van der Waals surface area contributed by atoms with Gasteiger partial charge in [0.05, 0.1) is 0 Å². The van der Waals surface area contributed by atoms with E-state index >= 15 is 0 Å². The maximum atomic E-state index is 4.20. The number of nitrogens with one attached hydrogen (secondary N) is 1. The summed E-state index contributed by atoms with van der Waals surface area (Å²) in [6.07, 6.45) is 5.85. The maximum absolute atomic E-state index is 4.20. The van der Waals surface area contributed by atoms with Crippen LogP contribution < -0.4 is 5.32 Å². The number of fused-ring (bicyclic) bond motifs is 5. The molecule has 0 aliphatic heterocycles. The summed E-state index contributed by atoms with van der Waals surface area (Å²) in [5, 5.41) is 3.73. The lowest BCUT2D eigenvalue weighted by Crippen LogP contribution is -2.34. The topological polar surface area (TPSA) is 12.0 Å². The van der Waals surface area contributed by atoms with E-state index in [0.717, 1.165) is 36.1 Å². The molecule has 3 saturated carbocycles. The fourth-order valence-corrected chi connectivity index (χ4v) is 4.78. The number of hydrogen-bond donors (Lipinski definition) is 1. The standard InChI is InChI=1S/C15H25N/c1-4-7-16-15(9(2)3)14-12-10-5-6-11(8-10)13(12)14/h10-16H,2,4-8H2,1,3H3. The minimum Gasteiger partial charge on any atom is -0.310 e. The lowest BCUT2D eigenvalue weighted by atomic mass is 9.94. The van der Waals surface area contributed by atoms with Gasteiger partial charge in [0, 0.05) is 6.04 Å². The van der Waals surface area contributed by atoms with Crippen LogP contribution in [0.4, 0.5) is 0 Å². The second-order valence-electron chi connectivity index (χ2n) is 6.34. The molecule has 5 atom stereocenters. The molecule has 2 bridgehead atoms. The normalized spacial score (nSPS) is 45.5. The van der Waals surface area contributed by atoms with Crippen molar-refractivity contribution in [2.24, 2.45) is 29.6 Å². The van der Waals surface area contributed by atoms with Crippen LogP contribution in [-0.2, 0) is 0 Å². The second-order valence-corrected chi connectivity index (χ2v) is 6.34. The molecule has 1 nitrogen and oxygen atoms in total. The molecule has 0 amide bonds. The van der Waals surface area contributed by atoms with E-state index in [1.807, 2.05) is 0 Å². The molecule has 16 heavy (non-hydrogen) atoms. The highest BCUT2D eigenvalue weighted by atomic mass is 15.0. The van der Waals surface area contributed by atoms with Gasteiger partial charge in [0.25, 0.3) is 0 Å². The largest absolute Gasteiger partial charge is 0.310 e. The Morgan fingerprint density at radius 3 is 2.44 bits per heavy atom. The molecule has 0 saturated heterocycles. The van der Waals surface area contributed by atoms with Gasteiger partial charge >= 0.3 is 0 Å². The lowest BCUT2D eigenvalue weighted by molar-refractivity contribution is 0.392. The van der Waals surface area contributed by atoms with Gasteiger partial charge in [0.15, 0.2) is 0 Å². The Hall–Kier alpha value is -0.300. The minimum atomic E-state index is 0.623. The summed E-state index contributed by atoms with van der Waals surface area (Å²) in [5.74, 6) is 5.28. The molecule has 1 N–H and O–H groups in total. The first kappa shape index (κ1) is 10.8. The SMILES string of the molecule is C=C(C)C(NCCC)C1C2C3CCC(C3)C21. The zero-order chi connectivity index (χ0) is 11.3. The third kappa shape index (κ3) is 1.48. The van der Waals surface area contributed by atoms with Crippen molar-refractivity contribution in [2.75, 3.05) is 6.54 Å². The molecule has 0 aromatic heterocycles. The van der Waals surface area contributed by atoms with E-state index in [-0.39, 0.29) is 0 Å². The monoisotopic (exact) mass is 219 g/mol. The first-order valence-electron chi connectivity index (χ1n) is 7.12. The van der Waals surface area contributed by atoms with Gasteiger partial charge in [-0.3, -0.25) is 0 Å². The predicted octanol–water partition coefficient (Wildman–Crippen LogP) is 3.22. The first-order valence-corrected chi connectivity index (χ1v) is 7.12. The molecular formula is C15H25N. The third-order valence-corrected chi connectivity index (χ3v) is 5.32. The Bertz CT molecular complexity index is 280. The Morgan fingerprint density at radius 2 is 1.94 bits per heavy atom. The number of hydrogen-bond acceptors (Lipinski definition) is 1. The first-order chi connectivity index (χ1) is 7.74. The molecule has 3 aliphatic rings. The highest BCUT2D eigenvalue weighted by Crippen LogP contribution is 2.70. The van der Waals surface area contributed by atoms with Crippen molar-refractivity contribution in [3.8, 4) is 0 Å². The summed E-state index contributed by atoms with van der Waals surface area (Å²) < 4.78 is 0. The predicted molar refractivity (Wildman–Crippen MR) is 68.2 cm³/mol. The fourth-order valence-electron chi connectivity index (χ4n) is 4.78. The van der Waals surface area contributed by atoms with Crippen molar-refractivity contribution in [1.29, 1.82) is 0 Å². The van der Waals surface area contributed by atoms with E-state index < -0.39 is 0 Å². The molecule has 0 radical (unpaired) electrons. The van der Waals surface area contributed by atoms with Gasteiger partial charge in [-0.1, -0.05) is 19.1 Å². The van der Waals surface area contributed by atoms with E-state index in [9.17, 15) is 0 Å². The zero-order valence-electron chi connectivity index (χ0n) is 10.7. The molecule has 0 aromatic carbocycles. The molecule has 0 heterocycles. The van der Waals surface area contributed by atoms with Crippen LogP contribution in [0.25, 0.3) is 0 Å². The van der Waals surface area contributed by atoms with Crippen LogP contribution in [0.2, 0.25) is 0 Å². The van der Waals surface area contributed by atoms with Gasteiger partial charge in [-0.15, -0.1) is 0 Å². The van der Waals surface area contributed by atoms with Crippen LogP contribution in [-0.4, -0.2) is 12.6 Å². The van der Waals surface area contributed by atoms with Crippen LogP contribution in [0.5, 0.6) is 0 Å². The molecule has 90 valence electrons. The van der Waals surface area contributed by atoms with Crippen LogP contribution >= 0.6 is 0 Å². The molecule has 0 spiro atoms. The quantitative estimate of drug-likeness (QED) is 0.700. The average molecular weight is 219 g/mol. The van der Waals surface area contributed by atoms with Gasteiger partial charge in [-0.2, -0.15) is 0 Å². The van der Waals surface area contributed by atoms with E-state index in [1.54, 1.807) is 6.42 Å².